The molecule has 7 heteroatoms. The van der Waals surface area contributed by atoms with Gasteiger partial charge in [0.25, 0.3) is 0 Å². The van der Waals surface area contributed by atoms with Crippen molar-refractivity contribution in [3.05, 3.63) is 28.2 Å². The van der Waals surface area contributed by atoms with Crippen LogP contribution in [0, 0.1) is 3.95 Å². The number of rotatable bonds is 2. The number of benzene rings is 1. The molecule has 0 fully saturated rings. The number of H-pyrrole nitrogens is 1. The smallest absolute Gasteiger partial charge is 0.176 e. The molecule has 0 saturated carbocycles. The Balaban J connectivity index is 2.71. The van der Waals surface area contributed by atoms with E-state index in [0.717, 1.165) is 0 Å². The summed E-state index contributed by atoms with van der Waals surface area (Å²) in [5, 5.41) is 7.21. The summed E-state index contributed by atoms with van der Waals surface area (Å²) in [6.45, 7) is 0. The van der Waals surface area contributed by atoms with E-state index in [2.05, 4.69) is 10.2 Å². The summed E-state index contributed by atoms with van der Waals surface area (Å²) in [4.78, 5) is 0.271. The molecule has 0 atom stereocenters. The molecule has 0 aliphatic rings. The predicted octanol–water partition coefficient (Wildman–Crippen LogP) is 2.27. The molecule has 0 amide bonds. The van der Waals surface area contributed by atoms with Crippen LogP contribution in [0.25, 0.3) is 10.6 Å². The zero-order chi connectivity index (χ0) is 11.8. The van der Waals surface area contributed by atoms with Crippen LogP contribution < -0.4 is 0 Å². The summed E-state index contributed by atoms with van der Waals surface area (Å²) in [5.41, 5.74) is 0.586. The van der Waals surface area contributed by atoms with Crippen LogP contribution in [0.15, 0.2) is 29.2 Å². The Morgan fingerprint density at radius 2 is 2.06 bits per heavy atom. The molecular formula is C9H8N2O2S3. The Hall–Kier alpha value is -1.05. The molecule has 0 radical (unpaired) electrons. The first-order chi connectivity index (χ1) is 7.48. The predicted molar refractivity (Wildman–Crippen MR) is 65.8 cm³/mol. The average Bonchev–Trinajstić information content (AvgIpc) is 2.64. The third-order valence-electron chi connectivity index (χ3n) is 1.96. The van der Waals surface area contributed by atoms with Crippen molar-refractivity contribution in [2.75, 3.05) is 6.26 Å². The van der Waals surface area contributed by atoms with Crippen molar-refractivity contribution < 1.29 is 8.42 Å². The van der Waals surface area contributed by atoms with Crippen LogP contribution in [0.2, 0.25) is 0 Å². The van der Waals surface area contributed by atoms with Gasteiger partial charge in [-0.15, -0.1) is 0 Å². The maximum Gasteiger partial charge on any atom is 0.176 e. The largest absolute Gasteiger partial charge is 0.258 e. The second-order valence-electron chi connectivity index (χ2n) is 3.19. The maximum atomic E-state index is 11.6. The first-order valence-electron chi connectivity index (χ1n) is 4.33. The van der Waals surface area contributed by atoms with E-state index in [1.807, 2.05) is 0 Å². The number of nitrogens with zero attached hydrogens (tertiary/aromatic N) is 1. The van der Waals surface area contributed by atoms with E-state index in [-0.39, 0.29) is 4.90 Å². The minimum absolute atomic E-state index is 0.271. The summed E-state index contributed by atoms with van der Waals surface area (Å²) in [5.74, 6) is 0. The van der Waals surface area contributed by atoms with Gasteiger partial charge in [-0.3, -0.25) is 5.10 Å². The summed E-state index contributed by atoms with van der Waals surface area (Å²) < 4.78 is 23.7. The number of sulfone groups is 1. The van der Waals surface area contributed by atoms with Crippen LogP contribution in [0.1, 0.15) is 0 Å². The van der Waals surface area contributed by atoms with E-state index in [0.29, 0.717) is 14.5 Å². The highest BCUT2D eigenvalue weighted by molar-refractivity contribution is 7.90. The fraction of sp³-hybridized carbons (Fsp3) is 0.111. The normalized spacial score (nSPS) is 11.6. The van der Waals surface area contributed by atoms with Gasteiger partial charge in [-0.1, -0.05) is 29.5 Å². The Morgan fingerprint density at radius 1 is 1.38 bits per heavy atom. The van der Waals surface area contributed by atoms with Crippen molar-refractivity contribution in [1.29, 1.82) is 0 Å². The molecule has 2 aromatic rings. The van der Waals surface area contributed by atoms with E-state index in [9.17, 15) is 8.42 Å². The van der Waals surface area contributed by atoms with Crippen molar-refractivity contribution in [3.63, 3.8) is 0 Å². The van der Waals surface area contributed by atoms with E-state index in [1.54, 1.807) is 24.3 Å². The average molecular weight is 272 g/mol. The van der Waals surface area contributed by atoms with Gasteiger partial charge in [0.15, 0.2) is 13.8 Å². The SMILES string of the molecule is CS(=O)(=O)c1ccccc1-c1n[nH]c(=S)s1. The van der Waals surface area contributed by atoms with Gasteiger partial charge in [-0.05, 0) is 18.3 Å². The standard InChI is InChI=1S/C9H8N2O2S3/c1-16(12,13)7-5-3-2-4-6(7)8-10-11-9(14)15-8/h2-5H,1H3,(H,11,14). The summed E-state index contributed by atoms with van der Waals surface area (Å²) in [7, 11) is -3.25. The van der Waals surface area contributed by atoms with Crippen LogP contribution >= 0.6 is 23.6 Å². The molecule has 4 nitrogen and oxygen atoms in total. The maximum absolute atomic E-state index is 11.6. The lowest BCUT2D eigenvalue weighted by atomic mass is 10.2. The molecule has 2 rings (SSSR count). The van der Waals surface area contributed by atoms with Crippen LogP contribution in [-0.4, -0.2) is 24.9 Å². The highest BCUT2D eigenvalue weighted by Crippen LogP contribution is 2.28. The van der Waals surface area contributed by atoms with Crippen molar-refractivity contribution in [1.82, 2.24) is 10.2 Å². The lowest BCUT2D eigenvalue weighted by molar-refractivity contribution is 0.602. The van der Waals surface area contributed by atoms with Gasteiger partial charge < -0.3 is 0 Å². The van der Waals surface area contributed by atoms with Crippen molar-refractivity contribution in [2.45, 2.75) is 4.90 Å². The van der Waals surface area contributed by atoms with Crippen LogP contribution in [0.4, 0.5) is 0 Å². The number of aromatic nitrogens is 2. The lowest BCUT2D eigenvalue weighted by Crippen LogP contribution is -1.99. The monoisotopic (exact) mass is 272 g/mol. The molecule has 1 heterocycles. The number of hydrogen-bond donors (Lipinski definition) is 1. The third-order valence-corrected chi connectivity index (χ3v) is 4.23. The molecule has 0 aliphatic carbocycles. The molecule has 0 saturated heterocycles. The van der Waals surface area contributed by atoms with Gasteiger partial charge in [-0.2, -0.15) is 5.10 Å². The van der Waals surface area contributed by atoms with Crippen molar-refractivity contribution in [3.8, 4) is 10.6 Å². The van der Waals surface area contributed by atoms with Crippen molar-refractivity contribution >= 4 is 33.4 Å². The van der Waals surface area contributed by atoms with E-state index in [1.165, 1.54) is 17.6 Å². The fourth-order valence-corrected chi connectivity index (χ4v) is 3.19. The van der Waals surface area contributed by atoms with Crippen LogP contribution in [0.3, 0.4) is 0 Å². The Kier molecular flexibility index (Phi) is 2.92. The van der Waals surface area contributed by atoms with Gasteiger partial charge in [-0.25, -0.2) is 8.42 Å². The topological polar surface area (TPSA) is 62.8 Å². The quantitative estimate of drug-likeness (QED) is 0.852. The third kappa shape index (κ3) is 2.21. The summed E-state index contributed by atoms with van der Waals surface area (Å²) in [6.07, 6.45) is 1.18. The highest BCUT2D eigenvalue weighted by atomic mass is 32.2. The molecule has 0 unspecified atom stereocenters. The zero-order valence-corrected chi connectivity index (χ0v) is 10.7. The van der Waals surface area contributed by atoms with Crippen molar-refractivity contribution in [2.24, 2.45) is 0 Å². The van der Waals surface area contributed by atoms with Crippen LogP contribution in [-0.2, 0) is 9.84 Å². The molecule has 0 bridgehead atoms. The van der Waals surface area contributed by atoms with Gasteiger partial charge in [0.2, 0.25) is 0 Å². The first kappa shape index (κ1) is 11.4. The summed E-state index contributed by atoms with van der Waals surface area (Å²) >= 11 is 6.18. The first-order valence-corrected chi connectivity index (χ1v) is 7.45. The fourth-order valence-electron chi connectivity index (χ4n) is 1.31. The second kappa shape index (κ2) is 4.08. The molecule has 1 aromatic heterocycles. The minimum Gasteiger partial charge on any atom is -0.258 e. The van der Waals surface area contributed by atoms with Crippen LogP contribution in [0.5, 0.6) is 0 Å². The molecule has 0 spiro atoms. The second-order valence-corrected chi connectivity index (χ2v) is 6.84. The van der Waals surface area contributed by atoms with E-state index < -0.39 is 9.84 Å². The number of aromatic amines is 1. The van der Waals surface area contributed by atoms with Gasteiger partial charge in [0, 0.05) is 11.8 Å². The zero-order valence-electron chi connectivity index (χ0n) is 8.30. The Labute approximate surface area is 102 Å². The lowest BCUT2D eigenvalue weighted by Gasteiger charge is -2.03. The van der Waals surface area contributed by atoms with E-state index >= 15 is 0 Å². The molecule has 1 N–H and O–H groups in total. The summed E-state index contributed by atoms with van der Waals surface area (Å²) in [6, 6.07) is 6.74. The Morgan fingerprint density at radius 3 is 2.62 bits per heavy atom. The number of hydrogen-bond acceptors (Lipinski definition) is 5. The molecular weight excluding hydrogens is 264 g/mol. The Bertz CT molecular complexity index is 670. The minimum atomic E-state index is -3.25. The highest BCUT2D eigenvalue weighted by Gasteiger charge is 2.15. The van der Waals surface area contributed by atoms with E-state index in [4.69, 9.17) is 12.2 Å². The number of nitrogens with one attached hydrogen (secondary N) is 1. The van der Waals surface area contributed by atoms with Gasteiger partial charge in [0.05, 0.1) is 4.90 Å². The van der Waals surface area contributed by atoms with Gasteiger partial charge in [0.1, 0.15) is 5.01 Å². The van der Waals surface area contributed by atoms with Gasteiger partial charge >= 0.3 is 0 Å². The molecule has 84 valence electrons. The molecule has 1 aromatic carbocycles. The molecule has 16 heavy (non-hydrogen) atoms. The molecule has 0 aliphatic heterocycles.